The summed E-state index contributed by atoms with van der Waals surface area (Å²) in [7, 11) is 4.00. The molecule has 0 fully saturated rings. The summed E-state index contributed by atoms with van der Waals surface area (Å²) in [5.41, 5.74) is 6.21. The van der Waals surface area contributed by atoms with E-state index in [1.165, 1.54) is 4.88 Å². The van der Waals surface area contributed by atoms with Gasteiger partial charge in [0.15, 0.2) is 0 Å². The minimum atomic E-state index is -0.484. The summed E-state index contributed by atoms with van der Waals surface area (Å²) in [5.74, 6) is 0.559. The van der Waals surface area contributed by atoms with Crippen LogP contribution in [0.3, 0.4) is 0 Å². The highest BCUT2D eigenvalue weighted by Crippen LogP contribution is 2.24. The number of hydrogen-bond acceptors (Lipinski definition) is 5. The van der Waals surface area contributed by atoms with Gasteiger partial charge in [-0.1, -0.05) is 6.07 Å². The first-order valence-corrected chi connectivity index (χ1v) is 9.98. The van der Waals surface area contributed by atoms with E-state index in [4.69, 9.17) is 10.5 Å². The van der Waals surface area contributed by atoms with Crippen LogP contribution >= 0.6 is 11.3 Å². The molecule has 0 aliphatic carbocycles. The number of ether oxygens (including phenoxy) is 1. The van der Waals surface area contributed by atoms with Crippen molar-refractivity contribution in [3.05, 3.63) is 82.0 Å². The number of nitrogens with one attached hydrogen (secondary N) is 1. The fraction of sp³-hybridized carbons (Fsp3) is 0.182. The first kappa shape index (κ1) is 20.6. The van der Waals surface area contributed by atoms with Gasteiger partial charge in [0.05, 0.1) is 6.04 Å². The van der Waals surface area contributed by atoms with E-state index in [-0.39, 0.29) is 11.9 Å². The molecule has 1 heterocycles. The lowest BCUT2D eigenvalue weighted by Crippen LogP contribution is -2.34. The van der Waals surface area contributed by atoms with Gasteiger partial charge in [0.25, 0.3) is 5.91 Å². The van der Waals surface area contributed by atoms with Gasteiger partial charge in [0.2, 0.25) is 5.91 Å². The largest absolute Gasteiger partial charge is 0.457 e. The Hall–Kier alpha value is -3.16. The lowest BCUT2D eigenvalue weighted by molar-refractivity contribution is 0.0941. The average Bonchev–Trinajstić information content (AvgIpc) is 3.23. The van der Waals surface area contributed by atoms with Gasteiger partial charge >= 0.3 is 0 Å². The number of amides is 2. The quantitative estimate of drug-likeness (QED) is 0.594. The monoisotopic (exact) mass is 409 g/mol. The van der Waals surface area contributed by atoms with E-state index in [1.807, 2.05) is 25.5 Å². The van der Waals surface area contributed by atoms with E-state index >= 15 is 0 Å². The minimum absolute atomic E-state index is 0.130. The SMILES string of the molecule is CN(C)C(CNC(=O)c1ccc(Oc2ccc(C(N)=O)cc2)cc1)c1cccs1. The van der Waals surface area contributed by atoms with Crippen LogP contribution in [0.25, 0.3) is 0 Å². The van der Waals surface area contributed by atoms with Crippen LogP contribution in [0.15, 0.2) is 66.0 Å². The van der Waals surface area contributed by atoms with E-state index < -0.39 is 5.91 Å². The molecule has 2 amide bonds. The van der Waals surface area contributed by atoms with Crippen molar-refractivity contribution in [3.8, 4) is 11.5 Å². The van der Waals surface area contributed by atoms with Crippen LogP contribution in [0.5, 0.6) is 11.5 Å². The van der Waals surface area contributed by atoms with Gasteiger partial charge in [0, 0.05) is 22.5 Å². The number of nitrogens with two attached hydrogens (primary N) is 1. The molecule has 3 N–H and O–H groups in total. The van der Waals surface area contributed by atoms with Gasteiger partial charge in [-0.05, 0) is 74.1 Å². The van der Waals surface area contributed by atoms with E-state index in [9.17, 15) is 9.59 Å². The summed E-state index contributed by atoms with van der Waals surface area (Å²) >= 11 is 1.68. The number of thiophene rings is 1. The van der Waals surface area contributed by atoms with Crippen LogP contribution < -0.4 is 15.8 Å². The van der Waals surface area contributed by atoms with Gasteiger partial charge in [-0.15, -0.1) is 11.3 Å². The molecule has 3 rings (SSSR count). The molecule has 0 bridgehead atoms. The molecular weight excluding hydrogens is 386 g/mol. The summed E-state index contributed by atoms with van der Waals surface area (Å²) in [5, 5.41) is 5.03. The molecule has 0 saturated heterocycles. The normalized spacial score (nSPS) is 11.8. The summed E-state index contributed by atoms with van der Waals surface area (Å²) in [6.07, 6.45) is 0. The van der Waals surface area contributed by atoms with E-state index in [0.717, 1.165) is 0 Å². The molecule has 0 saturated carbocycles. The van der Waals surface area contributed by atoms with Gasteiger partial charge in [-0.3, -0.25) is 9.59 Å². The second kappa shape index (κ2) is 9.36. The van der Waals surface area contributed by atoms with Crippen LogP contribution in [0.1, 0.15) is 31.6 Å². The van der Waals surface area contributed by atoms with E-state index in [0.29, 0.717) is 29.2 Å². The van der Waals surface area contributed by atoms with Crippen molar-refractivity contribution in [2.24, 2.45) is 5.73 Å². The van der Waals surface area contributed by atoms with Crippen LogP contribution in [0, 0.1) is 0 Å². The lowest BCUT2D eigenvalue weighted by Gasteiger charge is -2.23. The Morgan fingerprint density at radius 1 is 1.00 bits per heavy atom. The Kier molecular flexibility index (Phi) is 6.64. The summed E-state index contributed by atoms with van der Waals surface area (Å²) in [6, 6.07) is 17.7. The molecule has 7 heteroatoms. The lowest BCUT2D eigenvalue weighted by atomic mass is 10.1. The van der Waals surface area contributed by atoms with Crippen LogP contribution in [-0.2, 0) is 0 Å². The molecule has 0 aliphatic rings. The molecule has 0 radical (unpaired) electrons. The van der Waals surface area contributed by atoms with Crippen LogP contribution in [0.2, 0.25) is 0 Å². The molecule has 3 aromatic rings. The number of nitrogens with zero attached hydrogens (tertiary/aromatic N) is 1. The van der Waals surface area contributed by atoms with Crippen molar-refractivity contribution in [1.29, 1.82) is 0 Å². The summed E-state index contributed by atoms with van der Waals surface area (Å²) < 4.78 is 5.74. The zero-order valence-electron chi connectivity index (χ0n) is 16.3. The van der Waals surface area contributed by atoms with Crippen molar-refractivity contribution in [1.82, 2.24) is 10.2 Å². The zero-order valence-corrected chi connectivity index (χ0v) is 17.1. The number of benzene rings is 2. The average molecular weight is 410 g/mol. The van der Waals surface area contributed by atoms with Crippen molar-refractivity contribution >= 4 is 23.2 Å². The molecule has 1 aromatic heterocycles. The third-order valence-electron chi connectivity index (χ3n) is 4.44. The molecule has 1 unspecified atom stereocenters. The number of carbonyl (C=O) groups excluding carboxylic acids is 2. The van der Waals surface area contributed by atoms with Crippen LogP contribution in [-0.4, -0.2) is 37.4 Å². The second-order valence-corrected chi connectivity index (χ2v) is 7.70. The molecule has 6 nitrogen and oxygen atoms in total. The van der Waals surface area contributed by atoms with Crippen molar-refractivity contribution in [2.75, 3.05) is 20.6 Å². The maximum absolute atomic E-state index is 12.5. The van der Waals surface area contributed by atoms with Crippen LogP contribution in [0.4, 0.5) is 0 Å². The highest BCUT2D eigenvalue weighted by Gasteiger charge is 2.16. The van der Waals surface area contributed by atoms with E-state index in [1.54, 1.807) is 59.9 Å². The Morgan fingerprint density at radius 3 is 2.07 bits per heavy atom. The maximum Gasteiger partial charge on any atom is 0.251 e. The fourth-order valence-corrected chi connectivity index (χ4v) is 3.73. The number of hydrogen-bond donors (Lipinski definition) is 2. The van der Waals surface area contributed by atoms with Crippen molar-refractivity contribution in [3.63, 3.8) is 0 Å². The molecular formula is C22H23N3O3S. The third-order valence-corrected chi connectivity index (χ3v) is 5.42. The number of carbonyl (C=O) groups is 2. The highest BCUT2D eigenvalue weighted by atomic mass is 32.1. The minimum Gasteiger partial charge on any atom is -0.457 e. The van der Waals surface area contributed by atoms with Gasteiger partial charge in [0.1, 0.15) is 11.5 Å². The van der Waals surface area contributed by atoms with E-state index in [2.05, 4.69) is 16.3 Å². The van der Waals surface area contributed by atoms with Gasteiger partial charge < -0.3 is 20.7 Å². The topological polar surface area (TPSA) is 84.7 Å². The molecule has 0 aliphatic heterocycles. The Labute approximate surface area is 173 Å². The third kappa shape index (κ3) is 5.43. The predicted octanol–water partition coefficient (Wildman–Crippen LogP) is 3.67. The smallest absolute Gasteiger partial charge is 0.251 e. The first-order chi connectivity index (χ1) is 13.9. The molecule has 0 spiro atoms. The second-order valence-electron chi connectivity index (χ2n) is 6.72. The predicted molar refractivity (Wildman–Crippen MR) is 115 cm³/mol. The first-order valence-electron chi connectivity index (χ1n) is 9.10. The Balaban J connectivity index is 1.59. The van der Waals surface area contributed by atoms with Crippen molar-refractivity contribution in [2.45, 2.75) is 6.04 Å². The number of likely N-dealkylation sites (N-methyl/N-ethyl adjacent to an activating group) is 1. The number of primary amides is 1. The van der Waals surface area contributed by atoms with Gasteiger partial charge in [-0.2, -0.15) is 0 Å². The summed E-state index contributed by atoms with van der Waals surface area (Å²) in [6.45, 7) is 0.525. The standard InChI is InChI=1S/C22H23N3O3S/c1-25(2)19(20-4-3-13-29-20)14-24-22(27)16-7-11-18(12-8-16)28-17-9-5-15(6-10-17)21(23)26/h3-13,19H,14H2,1-2H3,(H2,23,26)(H,24,27). The molecule has 29 heavy (non-hydrogen) atoms. The highest BCUT2D eigenvalue weighted by molar-refractivity contribution is 7.10. The maximum atomic E-state index is 12.5. The summed E-state index contributed by atoms with van der Waals surface area (Å²) in [4.78, 5) is 26.9. The molecule has 2 aromatic carbocycles. The fourth-order valence-electron chi connectivity index (χ4n) is 2.81. The number of rotatable bonds is 8. The van der Waals surface area contributed by atoms with Gasteiger partial charge in [-0.25, -0.2) is 0 Å². The Morgan fingerprint density at radius 2 is 1.59 bits per heavy atom. The Bertz CT molecular complexity index is 952. The van der Waals surface area contributed by atoms with Crippen molar-refractivity contribution < 1.29 is 14.3 Å². The molecule has 150 valence electrons. The zero-order chi connectivity index (χ0) is 20.8. The molecule has 1 atom stereocenters.